The van der Waals surface area contributed by atoms with Crippen LogP contribution in [0.1, 0.15) is 45.2 Å². The van der Waals surface area contributed by atoms with Crippen LogP contribution in [-0.2, 0) is 22.4 Å². The molecule has 7 nitrogen and oxygen atoms in total. The van der Waals surface area contributed by atoms with E-state index < -0.39 is 24.1 Å². The lowest BCUT2D eigenvalue weighted by Gasteiger charge is -2.30. The molecule has 1 unspecified atom stereocenters. The van der Waals surface area contributed by atoms with Crippen LogP contribution in [0, 0.1) is 5.92 Å². The van der Waals surface area contributed by atoms with Crippen molar-refractivity contribution < 1.29 is 23.9 Å². The van der Waals surface area contributed by atoms with E-state index in [2.05, 4.69) is 0 Å². The Morgan fingerprint density at radius 3 is 1.93 bits per heavy atom. The molecular formula is C36H32N2O5. The van der Waals surface area contributed by atoms with Gasteiger partial charge in [0.1, 0.15) is 6.61 Å². The average Bonchev–Trinajstić information content (AvgIpc) is 3.52. The molecule has 0 spiro atoms. The van der Waals surface area contributed by atoms with Gasteiger partial charge in [0.15, 0.2) is 0 Å². The molecule has 0 N–H and O–H groups in total. The van der Waals surface area contributed by atoms with Crippen LogP contribution in [0.15, 0.2) is 109 Å². The third-order valence-corrected chi connectivity index (χ3v) is 8.28. The summed E-state index contributed by atoms with van der Waals surface area (Å²) in [5.41, 5.74) is 4.81. The van der Waals surface area contributed by atoms with E-state index >= 15 is 0 Å². The molecule has 2 aliphatic heterocycles. The van der Waals surface area contributed by atoms with E-state index in [1.807, 2.05) is 84.9 Å². The topological polar surface area (TPSA) is 84.0 Å². The monoisotopic (exact) mass is 572 g/mol. The average molecular weight is 573 g/mol. The number of ether oxygens (including phenoxy) is 1. The lowest BCUT2D eigenvalue weighted by molar-refractivity contribution is -0.133. The summed E-state index contributed by atoms with van der Waals surface area (Å²) in [6.45, 7) is 1.87. The van der Waals surface area contributed by atoms with Crippen molar-refractivity contribution in [3.63, 3.8) is 0 Å². The fourth-order valence-corrected chi connectivity index (χ4v) is 6.07. The van der Waals surface area contributed by atoms with E-state index in [9.17, 15) is 19.2 Å². The van der Waals surface area contributed by atoms with Crippen LogP contribution in [0.3, 0.4) is 0 Å². The number of nitrogens with zero attached hydrogens (tertiary/aromatic N) is 2. The minimum atomic E-state index is -0.661. The Morgan fingerprint density at radius 1 is 0.744 bits per heavy atom. The third-order valence-electron chi connectivity index (χ3n) is 8.28. The normalized spacial score (nSPS) is 17.5. The van der Waals surface area contributed by atoms with Crippen molar-refractivity contribution in [1.29, 1.82) is 0 Å². The van der Waals surface area contributed by atoms with Crippen molar-refractivity contribution in [2.24, 2.45) is 5.92 Å². The first kappa shape index (κ1) is 28.1. The Balaban J connectivity index is 1.25. The minimum Gasteiger partial charge on any atom is -0.447 e. The Kier molecular flexibility index (Phi) is 7.88. The van der Waals surface area contributed by atoms with Gasteiger partial charge in [-0.05, 0) is 53.6 Å². The smallest absolute Gasteiger partial charge is 0.416 e. The van der Waals surface area contributed by atoms with Gasteiger partial charge >= 0.3 is 6.09 Å². The number of cyclic esters (lactones) is 1. The summed E-state index contributed by atoms with van der Waals surface area (Å²) in [6.07, 6.45) is 0.398. The molecule has 2 aliphatic rings. The molecule has 0 bridgehead atoms. The highest BCUT2D eigenvalue weighted by Crippen LogP contribution is 2.31. The number of fused-ring (bicyclic) bond motifs is 1. The van der Waals surface area contributed by atoms with Crippen LogP contribution in [0.5, 0.6) is 0 Å². The van der Waals surface area contributed by atoms with E-state index in [0.29, 0.717) is 24.0 Å². The molecule has 0 aliphatic carbocycles. The van der Waals surface area contributed by atoms with Gasteiger partial charge in [0.2, 0.25) is 5.91 Å². The summed E-state index contributed by atoms with van der Waals surface area (Å²) in [7, 11) is 0. The van der Waals surface area contributed by atoms with E-state index in [1.54, 1.807) is 31.2 Å². The molecule has 2 heterocycles. The fourth-order valence-electron chi connectivity index (χ4n) is 6.07. The van der Waals surface area contributed by atoms with Crippen molar-refractivity contribution >= 4 is 23.8 Å². The number of benzene rings is 4. The minimum absolute atomic E-state index is 0.127. The molecule has 0 saturated carbocycles. The van der Waals surface area contributed by atoms with Gasteiger partial charge in [0.25, 0.3) is 11.8 Å². The SMILES string of the molecule is C[C@H](C[C@@H](Cc1ccc(-c2ccccc2)cc1)N1C(=O)c2ccccc2C1=O)C(=O)N1C(=O)OCC1Cc1ccccc1. The standard InChI is InChI=1S/C36H32N2O5/c1-24(33(39)38-30(23-43-36(38)42)22-25-10-4-2-5-11-25)20-29(37-34(40)31-14-8-9-15-32(31)35(37)41)21-26-16-18-28(19-17-26)27-12-6-3-7-13-27/h2-19,24,29-30H,20-23H2,1H3/t24-,29+,30?/m1/s1. The molecule has 0 aromatic heterocycles. The highest BCUT2D eigenvalue weighted by molar-refractivity contribution is 6.21. The zero-order valence-electron chi connectivity index (χ0n) is 23.9. The molecule has 216 valence electrons. The summed E-state index contributed by atoms with van der Waals surface area (Å²) < 4.78 is 5.29. The van der Waals surface area contributed by atoms with Crippen LogP contribution in [0.25, 0.3) is 11.1 Å². The van der Waals surface area contributed by atoms with Crippen LogP contribution in [0.4, 0.5) is 4.79 Å². The number of imide groups is 2. The molecular weight excluding hydrogens is 540 g/mol. The third kappa shape index (κ3) is 5.71. The van der Waals surface area contributed by atoms with Crippen molar-refractivity contribution in [2.75, 3.05) is 6.61 Å². The molecule has 1 saturated heterocycles. The number of carbonyl (C=O) groups is 4. The summed E-state index contributed by atoms with van der Waals surface area (Å²) in [5.74, 6) is -1.76. The highest BCUT2D eigenvalue weighted by atomic mass is 16.6. The van der Waals surface area contributed by atoms with Crippen molar-refractivity contribution in [1.82, 2.24) is 9.80 Å². The molecule has 7 heteroatoms. The number of rotatable bonds is 9. The second kappa shape index (κ2) is 12.1. The van der Waals surface area contributed by atoms with E-state index in [-0.39, 0.29) is 30.7 Å². The Bertz CT molecular complexity index is 1620. The second-order valence-electron chi connectivity index (χ2n) is 11.2. The Morgan fingerprint density at radius 2 is 1.30 bits per heavy atom. The lowest BCUT2D eigenvalue weighted by Crippen LogP contribution is -2.47. The predicted molar refractivity (Wildman–Crippen MR) is 162 cm³/mol. The number of hydrogen-bond acceptors (Lipinski definition) is 5. The first-order valence-corrected chi connectivity index (χ1v) is 14.6. The molecule has 1 fully saturated rings. The zero-order chi connectivity index (χ0) is 29.9. The van der Waals surface area contributed by atoms with Gasteiger partial charge in [-0.15, -0.1) is 0 Å². The molecule has 4 amide bonds. The quantitative estimate of drug-likeness (QED) is 0.224. The van der Waals surface area contributed by atoms with Crippen molar-refractivity contribution in [3.8, 4) is 11.1 Å². The first-order chi connectivity index (χ1) is 20.9. The number of hydrogen-bond donors (Lipinski definition) is 0. The summed E-state index contributed by atoms with van der Waals surface area (Å²) >= 11 is 0. The zero-order valence-corrected chi connectivity index (χ0v) is 23.9. The van der Waals surface area contributed by atoms with Gasteiger partial charge in [-0.25, -0.2) is 9.69 Å². The van der Waals surface area contributed by atoms with E-state index in [4.69, 9.17) is 4.74 Å². The highest BCUT2D eigenvalue weighted by Gasteiger charge is 2.43. The Hall–Kier alpha value is -5.04. The van der Waals surface area contributed by atoms with Crippen LogP contribution in [0.2, 0.25) is 0 Å². The second-order valence-corrected chi connectivity index (χ2v) is 11.2. The van der Waals surface area contributed by atoms with Crippen molar-refractivity contribution in [2.45, 2.75) is 38.3 Å². The summed E-state index contributed by atoms with van der Waals surface area (Å²) in [5, 5.41) is 0. The summed E-state index contributed by atoms with van der Waals surface area (Å²) in [4.78, 5) is 56.1. The lowest BCUT2D eigenvalue weighted by atomic mass is 9.92. The molecule has 4 aromatic carbocycles. The van der Waals surface area contributed by atoms with Crippen LogP contribution in [-0.4, -0.2) is 52.3 Å². The van der Waals surface area contributed by atoms with Crippen LogP contribution < -0.4 is 0 Å². The van der Waals surface area contributed by atoms with Gasteiger partial charge in [-0.1, -0.05) is 104 Å². The van der Waals surface area contributed by atoms with Gasteiger partial charge in [0, 0.05) is 12.0 Å². The van der Waals surface area contributed by atoms with E-state index in [0.717, 1.165) is 22.3 Å². The van der Waals surface area contributed by atoms with E-state index in [1.165, 1.54) is 9.80 Å². The molecule has 4 aromatic rings. The predicted octanol–water partition coefficient (Wildman–Crippen LogP) is 6.18. The van der Waals surface area contributed by atoms with Gasteiger partial charge in [-0.2, -0.15) is 0 Å². The first-order valence-electron chi connectivity index (χ1n) is 14.6. The van der Waals surface area contributed by atoms with Gasteiger partial charge < -0.3 is 4.74 Å². The Labute approximate surface area is 250 Å². The number of carbonyl (C=O) groups excluding carboxylic acids is 4. The molecule has 6 rings (SSSR count). The largest absolute Gasteiger partial charge is 0.447 e. The maximum absolute atomic E-state index is 13.8. The molecule has 43 heavy (non-hydrogen) atoms. The maximum Gasteiger partial charge on any atom is 0.416 e. The van der Waals surface area contributed by atoms with Gasteiger partial charge in [-0.3, -0.25) is 19.3 Å². The fraction of sp³-hybridized carbons (Fsp3) is 0.222. The summed E-state index contributed by atoms with van der Waals surface area (Å²) in [6, 6.07) is 33.5. The van der Waals surface area contributed by atoms with Gasteiger partial charge in [0.05, 0.1) is 17.2 Å². The van der Waals surface area contributed by atoms with Crippen LogP contribution >= 0.6 is 0 Å². The molecule has 0 radical (unpaired) electrons. The number of amides is 4. The maximum atomic E-state index is 13.8. The van der Waals surface area contributed by atoms with Crippen molar-refractivity contribution in [3.05, 3.63) is 131 Å². The molecule has 3 atom stereocenters.